The summed E-state index contributed by atoms with van der Waals surface area (Å²) in [6, 6.07) is 7.45. The number of para-hydroxylation sites is 1. The molecule has 1 spiro atoms. The molecule has 6 heteroatoms. The Hall–Kier alpha value is -2.47. The summed E-state index contributed by atoms with van der Waals surface area (Å²) in [5.41, 5.74) is -1.36. The number of ether oxygens (including phenoxy) is 1. The third-order valence-electron chi connectivity index (χ3n) is 7.42. The van der Waals surface area contributed by atoms with Crippen LogP contribution < -0.4 is 5.32 Å². The minimum Gasteiger partial charge on any atom is -0.468 e. The fourth-order valence-electron chi connectivity index (χ4n) is 6.51. The summed E-state index contributed by atoms with van der Waals surface area (Å²) in [5, 5.41) is 2.94. The topological polar surface area (TPSA) is 75.7 Å². The lowest BCUT2D eigenvalue weighted by atomic mass is 9.57. The van der Waals surface area contributed by atoms with Crippen LogP contribution in [0.3, 0.4) is 0 Å². The first-order valence-electron chi connectivity index (χ1n) is 9.36. The molecule has 5 rings (SSSR count). The summed E-state index contributed by atoms with van der Waals surface area (Å²) in [7, 11) is 1.32. The summed E-state index contributed by atoms with van der Waals surface area (Å²) in [5.74, 6) is -0.893. The quantitative estimate of drug-likeness (QED) is 0.489. The third kappa shape index (κ3) is 1.60. The largest absolute Gasteiger partial charge is 0.468 e. The highest BCUT2D eigenvalue weighted by Gasteiger charge is 2.81. The average Bonchev–Trinajstić information content (AvgIpc) is 3.20. The number of methoxy groups -OCH3 is 1. The molecule has 0 bridgehead atoms. The van der Waals surface area contributed by atoms with E-state index in [0.29, 0.717) is 6.42 Å². The maximum Gasteiger partial charge on any atom is 0.322 e. The Morgan fingerprint density at radius 2 is 2.07 bits per heavy atom. The second-order valence-electron chi connectivity index (χ2n) is 8.19. The summed E-state index contributed by atoms with van der Waals surface area (Å²) < 4.78 is 5.20. The molecule has 1 aromatic rings. The summed E-state index contributed by atoms with van der Waals surface area (Å²) in [6.45, 7) is 3.04. The molecule has 0 unspecified atom stereocenters. The van der Waals surface area contributed by atoms with Crippen molar-refractivity contribution < 1.29 is 19.1 Å². The van der Waals surface area contributed by atoms with Crippen LogP contribution in [0.4, 0.5) is 5.69 Å². The maximum absolute atomic E-state index is 13.5. The monoisotopic (exact) mass is 366 g/mol. The molecule has 2 fully saturated rings. The van der Waals surface area contributed by atoms with E-state index in [4.69, 9.17) is 4.74 Å². The van der Waals surface area contributed by atoms with Gasteiger partial charge < -0.3 is 10.1 Å². The van der Waals surface area contributed by atoms with E-state index < -0.39 is 22.2 Å². The van der Waals surface area contributed by atoms with Gasteiger partial charge in [-0.1, -0.05) is 30.4 Å². The van der Waals surface area contributed by atoms with Gasteiger partial charge in [0.05, 0.1) is 12.5 Å². The second kappa shape index (κ2) is 5.07. The predicted molar refractivity (Wildman–Crippen MR) is 98.0 cm³/mol. The fraction of sp³-hybridized carbons (Fsp3) is 0.476. The van der Waals surface area contributed by atoms with E-state index in [1.807, 2.05) is 36.4 Å². The molecule has 1 amide bonds. The van der Waals surface area contributed by atoms with Crippen molar-refractivity contribution in [1.29, 1.82) is 0 Å². The van der Waals surface area contributed by atoms with Gasteiger partial charge in [-0.3, -0.25) is 19.3 Å². The molecule has 1 aliphatic carbocycles. The zero-order valence-corrected chi connectivity index (χ0v) is 15.5. The maximum atomic E-state index is 13.5. The molecule has 3 aliphatic heterocycles. The molecule has 4 atom stereocenters. The molecule has 0 radical (unpaired) electrons. The van der Waals surface area contributed by atoms with Gasteiger partial charge in [-0.15, -0.1) is 0 Å². The highest BCUT2D eigenvalue weighted by atomic mass is 16.5. The number of amides is 1. The Bertz CT molecular complexity index is 925. The number of nitrogens with zero attached hydrogens (tertiary/aromatic N) is 1. The van der Waals surface area contributed by atoms with Crippen molar-refractivity contribution in [2.45, 2.75) is 31.2 Å². The Morgan fingerprint density at radius 3 is 2.81 bits per heavy atom. The van der Waals surface area contributed by atoms with Crippen LogP contribution in [0.5, 0.6) is 0 Å². The predicted octanol–water partition coefficient (Wildman–Crippen LogP) is 1.66. The van der Waals surface area contributed by atoms with Crippen LogP contribution in [0.25, 0.3) is 0 Å². The Labute approximate surface area is 157 Å². The number of carbonyl (C=O) groups excluding carboxylic acids is 3. The van der Waals surface area contributed by atoms with Crippen LogP contribution in [0.1, 0.15) is 25.3 Å². The van der Waals surface area contributed by atoms with Gasteiger partial charge in [0, 0.05) is 23.7 Å². The molecule has 0 aromatic heterocycles. The smallest absolute Gasteiger partial charge is 0.322 e. The summed E-state index contributed by atoms with van der Waals surface area (Å²) >= 11 is 0. The lowest BCUT2D eigenvalue weighted by Gasteiger charge is -2.48. The number of fused-ring (bicyclic) bond motifs is 1. The van der Waals surface area contributed by atoms with Gasteiger partial charge in [0.25, 0.3) is 0 Å². The molecule has 3 heterocycles. The van der Waals surface area contributed by atoms with Crippen molar-refractivity contribution >= 4 is 23.3 Å². The number of nitrogens with one attached hydrogen (secondary N) is 1. The van der Waals surface area contributed by atoms with Crippen molar-refractivity contribution in [3.63, 3.8) is 0 Å². The molecular formula is C21H22N2O4. The first-order chi connectivity index (χ1) is 12.9. The first kappa shape index (κ1) is 16.7. The van der Waals surface area contributed by atoms with Crippen LogP contribution in [0.2, 0.25) is 0 Å². The lowest BCUT2D eigenvalue weighted by Crippen LogP contribution is -2.61. The third-order valence-corrected chi connectivity index (χ3v) is 7.42. The number of ketones is 1. The normalized spacial score (nSPS) is 38.6. The number of carbonyl (C=O) groups is 3. The van der Waals surface area contributed by atoms with Crippen molar-refractivity contribution in [2.75, 3.05) is 25.5 Å². The average molecular weight is 366 g/mol. The van der Waals surface area contributed by atoms with Gasteiger partial charge in [-0.05, 0) is 37.9 Å². The van der Waals surface area contributed by atoms with E-state index in [2.05, 4.69) is 10.2 Å². The molecule has 27 heavy (non-hydrogen) atoms. The number of esters is 1. The van der Waals surface area contributed by atoms with Crippen LogP contribution >= 0.6 is 0 Å². The van der Waals surface area contributed by atoms with Gasteiger partial charge in [-0.2, -0.15) is 0 Å². The fourth-order valence-corrected chi connectivity index (χ4v) is 6.51. The van der Waals surface area contributed by atoms with Gasteiger partial charge in [0.2, 0.25) is 5.91 Å². The van der Waals surface area contributed by atoms with E-state index in [1.165, 1.54) is 7.11 Å². The van der Waals surface area contributed by atoms with Crippen molar-refractivity contribution in [2.24, 2.45) is 10.8 Å². The van der Waals surface area contributed by atoms with E-state index >= 15 is 0 Å². The van der Waals surface area contributed by atoms with Gasteiger partial charge in [0.1, 0.15) is 5.78 Å². The minimum atomic E-state index is -1.41. The minimum absolute atomic E-state index is 0.00214. The first-order valence-corrected chi connectivity index (χ1v) is 9.36. The van der Waals surface area contributed by atoms with Gasteiger partial charge in [0.15, 0.2) is 5.41 Å². The van der Waals surface area contributed by atoms with Crippen LogP contribution in [0, 0.1) is 10.8 Å². The Balaban J connectivity index is 1.91. The summed E-state index contributed by atoms with van der Waals surface area (Å²) in [4.78, 5) is 42.0. The van der Waals surface area contributed by atoms with E-state index in [1.54, 1.807) is 6.92 Å². The molecule has 1 saturated heterocycles. The van der Waals surface area contributed by atoms with Gasteiger partial charge >= 0.3 is 5.97 Å². The van der Waals surface area contributed by atoms with Crippen LogP contribution in [-0.2, 0) is 24.5 Å². The Kier molecular flexibility index (Phi) is 3.13. The highest BCUT2D eigenvalue weighted by Crippen LogP contribution is 2.71. The van der Waals surface area contributed by atoms with Gasteiger partial charge in [-0.25, -0.2) is 0 Å². The number of Topliss-reactive ketones (excluding diaryl/α,β-unsaturated/α-hetero) is 1. The molecule has 1 aromatic carbocycles. The molecule has 1 saturated carbocycles. The molecule has 140 valence electrons. The number of benzene rings is 1. The standard InChI is InChI=1S/C21H22N2O4/c1-13(24)19-8-5-10-23-11-9-20(16(19)23)14-6-3-4-7-15(14)22-17(25)21(20,12-19)18(26)27-2/h3-8,16H,9-12H2,1-2H3,(H,22,25)/t16-,19-,20+,21-/m0/s1. The van der Waals surface area contributed by atoms with Crippen LogP contribution in [0.15, 0.2) is 36.4 Å². The number of rotatable bonds is 2. The molecule has 4 aliphatic rings. The van der Waals surface area contributed by atoms with Crippen molar-refractivity contribution in [1.82, 2.24) is 4.90 Å². The van der Waals surface area contributed by atoms with Crippen molar-refractivity contribution in [3.05, 3.63) is 42.0 Å². The lowest BCUT2D eigenvalue weighted by molar-refractivity contribution is -0.162. The number of hydrogen-bond acceptors (Lipinski definition) is 5. The van der Waals surface area contributed by atoms with Crippen molar-refractivity contribution in [3.8, 4) is 0 Å². The Morgan fingerprint density at radius 1 is 1.30 bits per heavy atom. The molecule has 6 nitrogen and oxygen atoms in total. The van der Waals surface area contributed by atoms with E-state index in [0.717, 1.165) is 24.3 Å². The highest BCUT2D eigenvalue weighted by molar-refractivity contribution is 6.15. The number of anilines is 1. The molecular weight excluding hydrogens is 344 g/mol. The zero-order valence-electron chi connectivity index (χ0n) is 15.5. The van der Waals surface area contributed by atoms with Crippen LogP contribution in [-0.4, -0.2) is 48.8 Å². The second-order valence-corrected chi connectivity index (χ2v) is 8.19. The van der Waals surface area contributed by atoms with E-state index in [-0.39, 0.29) is 24.2 Å². The zero-order chi connectivity index (χ0) is 19.0. The molecule has 1 N–H and O–H groups in total. The summed E-state index contributed by atoms with van der Waals surface area (Å²) in [6.07, 6.45) is 4.75. The van der Waals surface area contributed by atoms with E-state index in [9.17, 15) is 14.4 Å². The SMILES string of the molecule is COC(=O)[C@@]12C[C@]3(C(C)=O)C=CCN4CC[C@@]1(c1ccccc1NC2=O)[C@@H]43. The number of hydrogen-bond donors (Lipinski definition) is 1.